The zero-order chi connectivity index (χ0) is 16.7. The molecular formula is C17H14O6. The number of benzene rings is 2. The molecule has 118 valence electrons. The van der Waals surface area contributed by atoms with Crippen molar-refractivity contribution >= 4 is 11.4 Å². The standard InChI is InChI=1S/C17H14O6/c18-10-4-1-8(2-5-10)13-15(21)14(17(23)16(13)22)9-3-6-11(19)12(20)7-9/h1-7,14,17-20,22-23H/t14-,17-/m1/s1. The first-order valence-corrected chi connectivity index (χ1v) is 6.87. The first-order chi connectivity index (χ1) is 10.9. The lowest BCUT2D eigenvalue weighted by Gasteiger charge is -2.14. The second-order valence-corrected chi connectivity index (χ2v) is 5.34. The fraction of sp³-hybridized carbons (Fsp3) is 0.118. The molecule has 3 rings (SSSR count). The van der Waals surface area contributed by atoms with Gasteiger partial charge in [0.05, 0.1) is 11.5 Å². The molecule has 23 heavy (non-hydrogen) atoms. The molecule has 0 fully saturated rings. The largest absolute Gasteiger partial charge is 0.509 e. The predicted octanol–water partition coefficient (Wildman–Crippen LogP) is 1.80. The van der Waals surface area contributed by atoms with Gasteiger partial charge in [0.2, 0.25) is 0 Å². The van der Waals surface area contributed by atoms with E-state index in [2.05, 4.69) is 0 Å². The summed E-state index contributed by atoms with van der Waals surface area (Å²) < 4.78 is 0. The highest BCUT2D eigenvalue weighted by Crippen LogP contribution is 2.41. The molecule has 6 heteroatoms. The third-order valence-corrected chi connectivity index (χ3v) is 3.90. The highest BCUT2D eigenvalue weighted by Gasteiger charge is 2.43. The van der Waals surface area contributed by atoms with Gasteiger partial charge in [-0.1, -0.05) is 18.2 Å². The molecule has 0 amide bonds. The number of aliphatic hydroxyl groups excluding tert-OH is 2. The number of hydrogen-bond donors (Lipinski definition) is 5. The van der Waals surface area contributed by atoms with Crippen molar-refractivity contribution in [3.8, 4) is 17.2 Å². The van der Waals surface area contributed by atoms with Gasteiger partial charge in [0.1, 0.15) is 17.6 Å². The summed E-state index contributed by atoms with van der Waals surface area (Å²) in [6, 6.07) is 9.44. The number of carbonyl (C=O) groups excluding carboxylic acids is 1. The van der Waals surface area contributed by atoms with E-state index in [9.17, 15) is 30.3 Å². The Bertz CT molecular complexity index is 806. The second-order valence-electron chi connectivity index (χ2n) is 5.34. The lowest BCUT2D eigenvalue weighted by Crippen LogP contribution is -2.20. The van der Waals surface area contributed by atoms with Gasteiger partial charge in [-0.3, -0.25) is 4.79 Å². The summed E-state index contributed by atoms with van der Waals surface area (Å²) in [4.78, 5) is 12.6. The van der Waals surface area contributed by atoms with Crippen LogP contribution in [-0.2, 0) is 4.79 Å². The summed E-state index contributed by atoms with van der Waals surface area (Å²) in [7, 11) is 0. The number of carbonyl (C=O) groups is 1. The molecule has 0 aromatic heterocycles. The highest BCUT2D eigenvalue weighted by atomic mass is 16.3. The molecule has 0 radical (unpaired) electrons. The van der Waals surface area contributed by atoms with Crippen LogP contribution in [-0.4, -0.2) is 37.4 Å². The topological polar surface area (TPSA) is 118 Å². The third-order valence-electron chi connectivity index (χ3n) is 3.90. The van der Waals surface area contributed by atoms with Crippen molar-refractivity contribution in [3.05, 3.63) is 59.4 Å². The molecule has 0 heterocycles. The van der Waals surface area contributed by atoms with Crippen LogP contribution in [0.15, 0.2) is 48.2 Å². The average molecular weight is 314 g/mol. The van der Waals surface area contributed by atoms with Crippen molar-refractivity contribution in [2.24, 2.45) is 0 Å². The molecule has 0 saturated heterocycles. The van der Waals surface area contributed by atoms with Gasteiger partial charge in [0.15, 0.2) is 17.3 Å². The Labute approximate surface area is 131 Å². The third kappa shape index (κ3) is 2.39. The van der Waals surface area contributed by atoms with Crippen molar-refractivity contribution in [2.75, 3.05) is 0 Å². The lowest BCUT2D eigenvalue weighted by atomic mass is 9.91. The van der Waals surface area contributed by atoms with Gasteiger partial charge in [0, 0.05) is 0 Å². The van der Waals surface area contributed by atoms with E-state index in [4.69, 9.17) is 0 Å². The smallest absolute Gasteiger partial charge is 0.177 e. The van der Waals surface area contributed by atoms with Crippen LogP contribution < -0.4 is 0 Å². The summed E-state index contributed by atoms with van der Waals surface area (Å²) in [5.74, 6) is -2.79. The lowest BCUT2D eigenvalue weighted by molar-refractivity contribution is -0.115. The minimum atomic E-state index is -1.45. The number of Topliss-reactive ketones (excluding diaryl/α,β-unsaturated/α-hetero) is 1. The number of aromatic hydroxyl groups is 3. The van der Waals surface area contributed by atoms with Crippen molar-refractivity contribution in [2.45, 2.75) is 12.0 Å². The molecule has 2 aromatic rings. The fourth-order valence-electron chi connectivity index (χ4n) is 2.72. The van der Waals surface area contributed by atoms with E-state index < -0.39 is 29.3 Å². The minimum Gasteiger partial charge on any atom is -0.509 e. The maximum absolute atomic E-state index is 12.6. The predicted molar refractivity (Wildman–Crippen MR) is 81.2 cm³/mol. The Morgan fingerprint density at radius 3 is 2.09 bits per heavy atom. The zero-order valence-corrected chi connectivity index (χ0v) is 11.8. The van der Waals surface area contributed by atoms with Crippen LogP contribution in [0, 0.1) is 0 Å². The Balaban J connectivity index is 2.03. The number of rotatable bonds is 2. The molecule has 0 unspecified atom stereocenters. The SMILES string of the molecule is O=C1C(c2ccc(O)cc2)=C(O)[C@H](O)[C@@H]1c1ccc(O)c(O)c1. The zero-order valence-electron chi connectivity index (χ0n) is 11.8. The van der Waals surface area contributed by atoms with Crippen molar-refractivity contribution in [1.82, 2.24) is 0 Å². The van der Waals surface area contributed by atoms with Gasteiger partial charge >= 0.3 is 0 Å². The van der Waals surface area contributed by atoms with Crippen LogP contribution in [0.3, 0.4) is 0 Å². The van der Waals surface area contributed by atoms with Crippen molar-refractivity contribution in [1.29, 1.82) is 0 Å². The van der Waals surface area contributed by atoms with Crippen molar-refractivity contribution < 1.29 is 30.3 Å². The average Bonchev–Trinajstić information content (AvgIpc) is 2.74. The van der Waals surface area contributed by atoms with Crippen LogP contribution in [0.25, 0.3) is 5.57 Å². The summed E-state index contributed by atoms with van der Waals surface area (Å²) >= 11 is 0. The van der Waals surface area contributed by atoms with E-state index in [-0.39, 0.29) is 22.6 Å². The molecule has 0 aliphatic heterocycles. The van der Waals surface area contributed by atoms with Gasteiger partial charge in [0.25, 0.3) is 0 Å². The maximum Gasteiger partial charge on any atom is 0.177 e. The van der Waals surface area contributed by atoms with Gasteiger partial charge in [-0.15, -0.1) is 0 Å². The molecule has 0 bridgehead atoms. The molecule has 1 aliphatic carbocycles. The first kappa shape index (κ1) is 14.9. The van der Waals surface area contributed by atoms with E-state index in [1.807, 2.05) is 0 Å². The van der Waals surface area contributed by atoms with Crippen LogP contribution >= 0.6 is 0 Å². The number of phenolic OH excluding ortho intramolecular Hbond substituents is 3. The number of aliphatic hydroxyl groups is 2. The molecule has 2 aromatic carbocycles. The summed E-state index contributed by atoms with van der Waals surface area (Å²) in [6.45, 7) is 0. The molecular weight excluding hydrogens is 300 g/mol. The Hall–Kier alpha value is -2.99. The first-order valence-electron chi connectivity index (χ1n) is 6.87. The van der Waals surface area contributed by atoms with Gasteiger partial charge in [-0.05, 0) is 35.4 Å². The van der Waals surface area contributed by atoms with Crippen LogP contribution in [0.5, 0.6) is 17.2 Å². The quantitative estimate of drug-likeness (QED) is 0.539. The van der Waals surface area contributed by atoms with Gasteiger partial charge in [-0.25, -0.2) is 0 Å². The van der Waals surface area contributed by atoms with Crippen molar-refractivity contribution in [3.63, 3.8) is 0 Å². The van der Waals surface area contributed by atoms with Crippen LogP contribution in [0.4, 0.5) is 0 Å². The fourth-order valence-corrected chi connectivity index (χ4v) is 2.72. The molecule has 1 aliphatic rings. The normalized spacial score (nSPS) is 21.0. The van der Waals surface area contributed by atoms with E-state index in [1.54, 1.807) is 0 Å². The van der Waals surface area contributed by atoms with Gasteiger partial charge < -0.3 is 25.5 Å². The second kappa shape index (κ2) is 5.33. The van der Waals surface area contributed by atoms with Crippen LogP contribution in [0.2, 0.25) is 0 Å². The number of phenols is 3. The number of allylic oxidation sites excluding steroid dienone is 1. The monoisotopic (exact) mass is 314 g/mol. The van der Waals surface area contributed by atoms with E-state index in [1.165, 1.54) is 42.5 Å². The molecule has 6 nitrogen and oxygen atoms in total. The highest BCUT2D eigenvalue weighted by molar-refractivity contribution is 6.27. The van der Waals surface area contributed by atoms with E-state index >= 15 is 0 Å². The van der Waals surface area contributed by atoms with Crippen LogP contribution in [0.1, 0.15) is 17.0 Å². The number of ketones is 1. The molecule has 0 saturated carbocycles. The maximum atomic E-state index is 12.6. The Morgan fingerprint density at radius 1 is 0.826 bits per heavy atom. The summed E-state index contributed by atoms with van der Waals surface area (Å²) in [5.41, 5.74) is 0.614. The Kier molecular flexibility index (Phi) is 3.46. The minimum absolute atomic E-state index is 0.0137. The van der Waals surface area contributed by atoms with Gasteiger partial charge in [-0.2, -0.15) is 0 Å². The molecule has 5 N–H and O–H groups in total. The van der Waals surface area contributed by atoms with E-state index in [0.717, 1.165) is 0 Å². The van der Waals surface area contributed by atoms with E-state index in [0.29, 0.717) is 5.56 Å². The Morgan fingerprint density at radius 2 is 1.48 bits per heavy atom. The number of hydrogen-bond acceptors (Lipinski definition) is 6. The summed E-state index contributed by atoms with van der Waals surface area (Å²) in [6.07, 6.45) is -1.45. The summed E-state index contributed by atoms with van der Waals surface area (Å²) in [5, 5.41) is 48.6. The molecule has 2 atom stereocenters. The molecule has 0 spiro atoms.